The van der Waals surface area contributed by atoms with E-state index in [1.165, 1.54) is 5.56 Å². The van der Waals surface area contributed by atoms with Gasteiger partial charge in [-0.15, -0.1) is 9.32 Å². The number of nitrogens with one attached hydrogen (secondary N) is 2. The van der Waals surface area contributed by atoms with Crippen LogP contribution in [0.4, 0.5) is 4.79 Å². The minimum absolute atomic E-state index is 0.0153. The number of hydroxylamine groups is 1. The van der Waals surface area contributed by atoms with E-state index in [9.17, 15) is 19.6 Å². The quantitative estimate of drug-likeness (QED) is 0.192. The molecule has 3 saturated heterocycles. The molecule has 41 heavy (non-hydrogen) atoms. The third-order valence-corrected chi connectivity index (χ3v) is 8.73. The van der Waals surface area contributed by atoms with Crippen LogP contribution in [0.2, 0.25) is 0 Å². The molecule has 222 valence electrons. The molecule has 2 N–H and O–H groups in total. The topological polar surface area (TPSA) is 136 Å². The van der Waals surface area contributed by atoms with E-state index >= 15 is 0 Å². The van der Waals surface area contributed by atoms with Crippen molar-refractivity contribution in [1.82, 2.24) is 25.5 Å². The molecule has 1 aromatic rings. The summed E-state index contributed by atoms with van der Waals surface area (Å²) in [6.45, 7) is 6.55. The number of hydrogen-bond acceptors (Lipinski definition) is 10. The van der Waals surface area contributed by atoms with Crippen molar-refractivity contribution in [1.29, 1.82) is 5.26 Å². The Morgan fingerprint density at radius 3 is 2.76 bits per heavy atom. The molecule has 1 aromatic carbocycles. The molecule has 3 fully saturated rings. The Morgan fingerprint density at radius 2 is 2.05 bits per heavy atom. The zero-order valence-electron chi connectivity index (χ0n) is 23.9. The third kappa shape index (κ3) is 6.32. The highest BCUT2D eigenvalue weighted by Gasteiger charge is 2.53. The first-order valence-electron chi connectivity index (χ1n) is 14.1. The second-order valence-corrected chi connectivity index (χ2v) is 12.8. The Kier molecular flexibility index (Phi) is 8.77. The Bertz CT molecular complexity index is 1220. The SMILES string of the molecule is CNOOSc1ccc2c(c1)CC[C@H]2N1C(=O)[C@H]2C[C@@H]1CN2C[C@H](NC(=O)OC(C)(C)C)C(=O)N1CCC[C@H]1C#N. The number of alkyl carbamates (subject to hydrolysis) is 1. The lowest BCUT2D eigenvalue weighted by Gasteiger charge is -2.39. The van der Waals surface area contributed by atoms with Gasteiger partial charge in [-0.2, -0.15) is 10.7 Å². The standard InChI is InChI=1S/C28H38N6O6S/c1-28(2,3)38-27(37)31-22(25(35)33-11-5-6-18(33)14-29)16-32-15-19-13-24(32)26(36)34(19)23-10-7-17-12-20(8-9-21(17)23)41-40-39-30-4/h8-9,12,18-19,22-24,30H,5-7,10-11,13,15-16H2,1-4H3,(H,31,37)/t18-,19+,22-,23+,24+/m0/s1. The average molecular weight is 587 g/mol. The predicted octanol–water partition coefficient (Wildman–Crippen LogP) is 2.46. The number of fused-ring (bicyclic) bond motifs is 3. The van der Waals surface area contributed by atoms with Gasteiger partial charge in [0.15, 0.2) is 0 Å². The summed E-state index contributed by atoms with van der Waals surface area (Å²) in [5, 5.41) is 12.3. The third-order valence-electron chi connectivity index (χ3n) is 8.15. The van der Waals surface area contributed by atoms with Gasteiger partial charge >= 0.3 is 6.09 Å². The molecule has 4 aliphatic rings. The zero-order valence-corrected chi connectivity index (χ0v) is 24.7. The second kappa shape index (κ2) is 12.1. The van der Waals surface area contributed by atoms with Crippen molar-refractivity contribution in [2.75, 3.05) is 26.7 Å². The van der Waals surface area contributed by atoms with E-state index in [1.807, 2.05) is 15.9 Å². The molecule has 3 aliphatic heterocycles. The van der Waals surface area contributed by atoms with Crippen LogP contribution in [0.3, 0.4) is 0 Å². The molecule has 0 spiro atoms. The summed E-state index contributed by atoms with van der Waals surface area (Å²) in [5.74, 6) is -0.252. The summed E-state index contributed by atoms with van der Waals surface area (Å²) in [7, 11) is 1.61. The number of carbonyl (C=O) groups excluding carboxylic acids is 3. The number of aryl methyl sites for hydroxylation is 1. The molecule has 12 nitrogen and oxygen atoms in total. The van der Waals surface area contributed by atoms with Crippen molar-refractivity contribution in [2.45, 2.75) is 93.6 Å². The number of nitrogens with zero attached hydrogens (tertiary/aromatic N) is 4. The van der Waals surface area contributed by atoms with Crippen molar-refractivity contribution in [3.05, 3.63) is 29.3 Å². The summed E-state index contributed by atoms with van der Waals surface area (Å²) in [5.41, 5.74) is 4.09. The van der Waals surface area contributed by atoms with Crippen molar-refractivity contribution in [2.24, 2.45) is 0 Å². The van der Waals surface area contributed by atoms with E-state index in [-0.39, 0.29) is 36.5 Å². The Balaban J connectivity index is 1.27. The number of likely N-dealkylation sites (tertiary alicyclic amines) is 3. The highest BCUT2D eigenvalue weighted by Crippen LogP contribution is 2.44. The molecule has 1 aliphatic carbocycles. The van der Waals surface area contributed by atoms with Crippen molar-refractivity contribution >= 4 is 30.0 Å². The Labute approximate surface area is 244 Å². The van der Waals surface area contributed by atoms with E-state index in [1.54, 1.807) is 32.7 Å². The number of rotatable bonds is 9. The van der Waals surface area contributed by atoms with Crippen LogP contribution in [-0.4, -0.2) is 89.1 Å². The fourth-order valence-electron chi connectivity index (χ4n) is 6.54. The van der Waals surface area contributed by atoms with Crippen LogP contribution < -0.4 is 10.8 Å². The van der Waals surface area contributed by atoms with Gasteiger partial charge < -0.3 is 19.9 Å². The summed E-state index contributed by atoms with van der Waals surface area (Å²) in [4.78, 5) is 51.2. The predicted molar refractivity (Wildman–Crippen MR) is 149 cm³/mol. The monoisotopic (exact) mass is 586 g/mol. The largest absolute Gasteiger partial charge is 0.444 e. The van der Waals surface area contributed by atoms with Gasteiger partial charge in [0.05, 0.1) is 30.2 Å². The lowest BCUT2D eigenvalue weighted by molar-refractivity contribution is -0.237. The molecule has 0 radical (unpaired) electrons. The van der Waals surface area contributed by atoms with Gasteiger partial charge in [-0.1, -0.05) is 6.07 Å². The maximum atomic E-state index is 13.7. The van der Waals surface area contributed by atoms with Crippen LogP contribution in [0.25, 0.3) is 0 Å². The lowest BCUT2D eigenvalue weighted by atomic mass is 10.1. The molecule has 3 heterocycles. The van der Waals surface area contributed by atoms with Crippen molar-refractivity contribution in [3.63, 3.8) is 0 Å². The van der Waals surface area contributed by atoms with Gasteiger partial charge in [0.25, 0.3) is 0 Å². The number of nitriles is 1. The van der Waals surface area contributed by atoms with Crippen molar-refractivity contribution in [3.8, 4) is 6.07 Å². The maximum absolute atomic E-state index is 13.7. The van der Waals surface area contributed by atoms with E-state index in [2.05, 4.69) is 29.0 Å². The first kappa shape index (κ1) is 29.6. The first-order chi connectivity index (χ1) is 19.6. The number of amides is 3. The summed E-state index contributed by atoms with van der Waals surface area (Å²) < 4.78 is 10.5. The molecule has 0 unspecified atom stereocenters. The number of carbonyl (C=O) groups is 3. The van der Waals surface area contributed by atoms with Crippen LogP contribution in [0.5, 0.6) is 0 Å². The molecule has 5 rings (SSSR count). The first-order valence-corrected chi connectivity index (χ1v) is 14.9. The molecule has 13 heteroatoms. The molecule has 2 bridgehead atoms. The van der Waals surface area contributed by atoms with Crippen LogP contribution in [0.15, 0.2) is 23.1 Å². The van der Waals surface area contributed by atoms with Crippen LogP contribution in [0, 0.1) is 11.3 Å². The molecule has 0 aromatic heterocycles. The molecular formula is C28H38N6O6S. The van der Waals surface area contributed by atoms with E-state index < -0.39 is 23.8 Å². The van der Waals surface area contributed by atoms with Gasteiger partial charge in [0.1, 0.15) is 17.7 Å². The van der Waals surface area contributed by atoms with Gasteiger partial charge in [-0.3, -0.25) is 14.5 Å². The second-order valence-electron chi connectivity index (χ2n) is 12.0. The summed E-state index contributed by atoms with van der Waals surface area (Å²) in [6, 6.07) is 6.57. The number of ether oxygens (including phenoxy) is 1. The van der Waals surface area contributed by atoms with Gasteiger partial charge in [-0.25, -0.2) is 4.79 Å². The molecule has 3 amide bonds. The fraction of sp³-hybridized carbons (Fsp3) is 0.643. The van der Waals surface area contributed by atoms with E-state index in [0.29, 0.717) is 25.9 Å². The number of benzene rings is 1. The Morgan fingerprint density at radius 1 is 1.24 bits per heavy atom. The molecule has 0 saturated carbocycles. The molecular weight excluding hydrogens is 548 g/mol. The Hall–Kier alpha value is -2.89. The maximum Gasteiger partial charge on any atom is 0.408 e. The highest BCUT2D eigenvalue weighted by atomic mass is 32.2. The summed E-state index contributed by atoms with van der Waals surface area (Å²) >= 11 is 1.12. The van der Waals surface area contributed by atoms with E-state index in [0.717, 1.165) is 41.8 Å². The van der Waals surface area contributed by atoms with Gasteiger partial charge in [0.2, 0.25) is 11.8 Å². The highest BCUT2D eigenvalue weighted by molar-refractivity contribution is 7.94. The van der Waals surface area contributed by atoms with Crippen LogP contribution in [-0.2, 0) is 30.1 Å². The number of hydrogen-bond donors (Lipinski definition) is 2. The average Bonchev–Trinajstić information content (AvgIpc) is 3.70. The van der Waals surface area contributed by atoms with Crippen LogP contribution in [0.1, 0.15) is 63.6 Å². The van der Waals surface area contributed by atoms with Crippen molar-refractivity contribution < 1.29 is 28.4 Å². The lowest BCUT2D eigenvalue weighted by Crippen LogP contribution is -2.59. The van der Waals surface area contributed by atoms with Gasteiger partial charge in [0, 0.05) is 37.6 Å². The minimum Gasteiger partial charge on any atom is -0.444 e. The zero-order chi connectivity index (χ0) is 29.3. The molecule has 5 atom stereocenters. The normalized spacial score (nSPS) is 26.3. The number of piperazine rings is 1. The summed E-state index contributed by atoms with van der Waals surface area (Å²) in [6.07, 6.45) is 3.08. The minimum atomic E-state index is -0.920. The van der Waals surface area contributed by atoms with Crippen LogP contribution >= 0.6 is 12.0 Å². The fourth-order valence-corrected chi connectivity index (χ4v) is 7.03. The van der Waals surface area contributed by atoms with E-state index in [4.69, 9.17) is 14.1 Å². The van der Waals surface area contributed by atoms with Gasteiger partial charge in [-0.05, 0) is 76.1 Å². The smallest absolute Gasteiger partial charge is 0.408 e.